The summed E-state index contributed by atoms with van der Waals surface area (Å²) in [6, 6.07) is 12.0. The van der Waals surface area contributed by atoms with E-state index in [1.165, 1.54) is 12.1 Å². The molecule has 0 aromatic heterocycles. The maximum Gasteiger partial charge on any atom is 0.135 e. The number of alkyl halides is 1. The van der Waals surface area contributed by atoms with Gasteiger partial charge in [0, 0.05) is 0 Å². The SMILES string of the molecule is Cc1ccc(OCc2ccc(F)cc2)c(C#CCCl)c1. The Balaban J connectivity index is 2.14. The third-order valence-corrected chi connectivity index (χ3v) is 2.87. The van der Waals surface area contributed by atoms with Gasteiger partial charge in [0.2, 0.25) is 0 Å². The molecule has 2 rings (SSSR count). The average Bonchev–Trinajstić information content (AvgIpc) is 2.46. The summed E-state index contributed by atoms with van der Waals surface area (Å²) in [4.78, 5) is 0. The Morgan fingerprint density at radius 1 is 1.15 bits per heavy atom. The van der Waals surface area contributed by atoms with Crippen molar-refractivity contribution in [3.63, 3.8) is 0 Å². The molecular weight excluding hydrogens is 275 g/mol. The minimum atomic E-state index is -0.252. The highest BCUT2D eigenvalue weighted by molar-refractivity contribution is 6.19. The molecule has 0 bridgehead atoms. The molecule has 0 unspecified atom stereocenters. The highest BCUT2D eigenvalue weighted by Crippen LogP contribution is 2.20. The predicted octanol–water partition coefficient (Wildman–Crippen LogP) is 4.30. The largest absolute Gasteiger partial charge is 0.488 e. The van der Waals surface area contributed by atoms with Crippen molar-refractivity contribution in [2.75, 3.05) is 5.88 Å². The fourth-order valence-electron chi connectivity index (χ4n) is 1.74. The van der Waals surface area contributed by atoms with Gasteiger partial charge in [0.05, 0.1) is 11.4 Å². The third-order valence-electron chi connectivity index (χ3n) is 2.73. The van der Waals surface area contributed by atoms with E-state index in [0.29, 0.717) is 12.4 Å². The number of rotatable bonds is 3. The van der Waals surface area contributed by atoms with Gasteiger partial charge in [-0.1, -0.05) is 30.0 Å². The van der Waals surface area contributed by atoms with Gasteiger partial charge in [-0.2, -0.15) is 0 Å². The predicted molar refractivity (Wildman–Crippen MR) is 79.5 cm³/mol. The van der Waals surface area contributed by atoms with Crippen LogP contribution in [-0.4, -0.2) is 5.88 Å². The van der Waals surface area contributed by atoms with Crippen molar-refractivity contribution in [1.82, 2.24) is 0 Å². The molecule has 0 aliphatic carbocycles. The number of benzene rings is 2. The Bertz CT molecular complexity index is 638. The van der Waals surface area contributed by atoms with Gasteiger partial charge in [0.1, 0.15) is 18.2 Å². The molecule has 20 heavy (non-hydrogen) atoms. The van der Waals surface area contributed by atoms with Gasteiger partial charge in [0.15, 0.2) is 0 Å². The average molecular weight is 289 g/mol. The van der Waals surface area contributed by atoms with Crippen molar-refractivity contribution in [3.05, 3.63) is 65.0 Å². The lowest BCUT2D eigenvalue weighted by Gasteiger charge is -2.09. The zero-order valence-corrected chi connectivity index (χ0v) is 11.9. The molecule has 0 atom stereocenters. The highest BCUT2D eigenvalue weighted by atomic mass is 35.5. The molecule has 2 aromatic rings. The maximum absolute atomic E-state index is 12.8. The van der Waals surface area contributed by atoms with Crippen molar-refractivity contribution in [1.29, 1.82) is 0 Å². The van der Waals surface area contributed by atoms with E-state index >= 15 is 0 Å². The molecule has 0 N–H and O–H groups in total. The normalized spacial score (nSPS) is 9.75. The topological polar surface area (TPSA) is 9.23 Å². The molecule has 3 heteroatoms. The van der Waals surface area contributed by atoms with Crippen LogP contribution in [-0.2, 0) is 6.61 Å². The Labute approximate surface area is 123 Å². The minimum Gasteiger partial charge on any atom is -0.488 e. The fourth-order valence-corrected chi connectivity index (χ4v) is 1.80. The van der Waals surface area contributed by atoms with Crippen LogP contribution < -0.4 is 4.74 Å². The number of hydrogen-bond acceptors (Lipinski definition) is 1. The van der Waals surface area contributed by atoms with E-state index in [4.69, 9.17) is 16.3 Å². The quantitative estimate of drug-likeness (QED) is 0.604. The van der Waals surface area contributed by atoms with Crippen LogP contribution in [0.4, 0.5) is 4.39 Å². The second-order valence-corrected chi connectivity index (χ2v) is 4.62. The zero-order valence-electron chi connectivity index (χ0n) is 11.1. The van der Waals surface area contributed by atoms with Crippen molar-refractivity contribution >= 4 is 11.6 Å². The first-order chi connectivity index (χ1) is 9.69. The fraction of sp³-hybridized carbons (Fsp3) is 0.176. The molecule has 1 nitrogen and oxygen atoms in total. The lowest BCUT2D eigenvalue weighted by Crippen LogP contribution is -1.97. The van der Waals surface area contributed by atoms with E-state index in [1.54, 1.807) is 12.1 Å². The molecule has 0 saturated carbocycles. The van der Waals surface area contributed by atoms with Crippen LogP contribution in [0.3, 0.4) is 0 Å². The van der Waals surface area contributed by atoms with Gasteiger partial charge in [-0.25, -0.2) is 4.39 Å². The first-order valence-corrected chi connectivity index (χ1v) is 6.75. The molecule has 102 valence electrons. The van der Waals surface area contributed by atoms with Crippen LogP contribution in [0.2, 0.25) is 0 Å². The van der Waals surface area contributed by atoms with Gasteiger partial charge in [-0.3, -0.25) is 0 Å². The van der Waals surface area contributed by atoms with Crippen molar-refractivity contribution in [3.8, 4) is 17.6 Å². The Kier molecular flexibility index (Phi) is 5.03. The molecule has 2 aromatic carbocycles. The monoisotopic (exact) mass is 288 g/mol. The van der Waals surface area contributed by atoms with Crippen LogP contribution in [0.25, 0.3) is 0 Å². The lowest BCUT2D eigenvalue weighted by molar-refractivity contribution is 0.305. The number of ether oxygens (including phenoxy) is 1. The standard InChI is InChI=1S/C17H14ClFO/c1-13-4-9-17(15(11-13)3-2-10-18)20-12-14-5-7-16(19)8-6-14/h4-9,11H,10,12H2,1H3. The molecule has 0 fully saturated rings. The summed E-state index contributed by atoms with van der Waals surface area (Å²) in [5.74, 6) is 6.54. The summed E-state index contributed by atoms with van der Waals surface area (Å²) in [5.41, 5.74) is 2.83. The second-order valence-electron chi connectivity index (χ2n) is 4.35. The first-order valence-electron chi connectivity index (χ1n) is 6.22. The first kappa shape index (κ1) is 14.4. The highest BCUT2D eigenvalue weighted by Gasteiger charge is 2.03. The van der Waals surface area contributed by atoms with Crippen LogP contribution >= 0.6 is 11.6 Å². The van der Waals surface area contributed by atoms with E-state index in [0.717, 1.165) is 16.7 Å². The van der Waals surface area contributed by atoms with Gasteiger partial charge in [-0.05, 0) is 42.3 Å². The van der Waals surface area contributed by atoms with Crippen molar-refractivity contribution in [2.45, 2.75) is 13.5 Å². The summed E-state index contributed by atoms with van der Waals surface area (Å²) in [5, 5.41) is 0. The summed E-state index contributed by atoms with van der Waals surface area (Å²) < 4.78 is 18.6. The molecule has 0 heterocycles. The lowest BCUT2D eigenvalue weighted by atomic mass is 10.1. The summed E-state index contributed by atoms with van der Waals surface area (Å²) in [7, 11) is 0. The van der Waals surface area contributed by atoms with Crippen LogP contribution in [0.1, 0.15) is 16.7 Å². The number of aryl methyl sites for hydroxylation is 1. The van der Waals surface area contributed by atoms with Crippen LogP contribution in [0.15, 0.2) is 42.5 Å². The summed E-state index contributed by atoms with van der Waals surface area (Å²) >= 11 is 5.58. The minimum absolute atomic E-state index is 0.252. The van der Waals surface area contributed by atoms with Crippen molar-refractivity contribution in [2.24, 2.45) is 0 Å². The molecule has 0 radical (unpaired) electrons. The zero-order chi connectivity index (χ0) is 14.4. The van der Waals surface area contributed by atoms with Crippen LogP contribution in [0.5, 0.6) is 5.75 Å². The van der Waals surface area contributed by atoms with E-state index < -0.39 is 0 Å². The van der Waals surface area contributed by atoms with Gasteiger partial charge in [-0.15, -0.1) is 11.6 Å². The van der Waals surface area contributed by atoms with Gasteiger partial charge in [0.25, 0.3) is 0 Å². The molecule has 0 amide bonds. The summed E-state index contributed by atoms with van der Waals surface area (Å²) in [6.45, 7) is 2.37. The Hall–Kier alpha value is -1.98. The number of halogens is 2. The van der Waals surface area contributed by atoms with E-state index in [9.17, 15) is 4.39 Å². The van der Waals surface area contributed by atoms with Gasteiger partial charge >= 0.3 is 0 Å². The Morgan fingerprint density at radius 2 is 1.90 bits per heavy atom. The molecular formula is C17H14ClFO. The number of hydrogen-bond donors (Lipinski definition) is 0. The van der Waals surface area contributed by atoms with E-state index in [1.807, 2.05) is 25.1 Å². The van der Waals surface area contributed by atoms with Gasteiger partial charge < -0.3 is 4.74 Å². The molecule has 0 aliphatic rings. The second kappa shape index (κ2) is 6.98. The summed E-state index contributed by atoms with van der Waals surface area (Å²) in [6.07, 6.45) is 0. The van der Waals surface area contributed by atoms with E-state index in [-0.39, 0.29) is 11.7 Å². The van der Waals surface area contributed by atoms with E-state index in [2.05, 4.69) is 11.8 Å². The van der Waals surface area contributed by atoms with Crippen molar-refractivity contribution < 1.29 is 9.13 Å². The van der Waals surface area contributed by atoms with Crippen LogP contribution in [0, 0.1) is 24.6 Å². The molecule has 0 aliphatic heterocycles. The smallest absolute Gasteiger partial charge is 0.135 e. The maximum atomic E-state index is 12.8. The Morgan fingerprint density at radius 3 is 2.60 bits per heavy atom. The molecule has 0 spiro atoms. The molecule has 0 saturated heterocycles. The third kappa shape index (κ3) is 4.01.